The van der Waals surface area contributed by atoms with Gasteiger partial charge in [-0.05, 0) is 35.4 Å². The second-order valence-electron chi connectivity index (χ2n) is 5.00. The smallest absolute Gasteiger partial charge is 0.251 e. The number of thioether (sulfide) groups is 1. The van der Waals surface area contributed by atoms with Crippen molar-refractivity contribution in [2.45, 2.75) is 18.0 Å². The van der Waals surface area contributed by atoms with Gasteiger partial charge in [-0.25, -0.2) is 0 Å². The van der Waals surface area contributed by atoms with Crippen molar-refractivity contribution in [1.29, 1.82) is 0 Å². The molecule has 0 saturated heterocycles. The van der Waals surface area contributed by atoms with Crippen molar-refractivity contribution < 1.29 is 4.79 Å². The van der Waals surface area contributed by atoms with Crippen LogP contribution in [0.25, 0.3) is 0 Å². The highest BCUT2D eigenvalue weighted by Crippen LogP contribution is 2.18. The maximum absolute atomic E-state index is 12.1. The monoisotopic (exact) mass is 298 g/mol. The van der Waals surface area contributed by atoms with Gasteiger partial charge in [0, 0.05) is 35.8 Å². The maximum atomic E-state index is 12.1. The average molecular weight is 298 g/mol. The highest BCUT2D eigenvalue weighted by atomic mass is 32.2. The summed E-state index contributed by atoms with van der Waals surface area (Å²) >= 11 is 1.75. The first-order chi connectivity index (χ1) is 10.3. The molecular formula is C17H18N2OS. The summed E-state index contributed by atoms with van der Waals surface area (Å²) < 4.78 is 0. The van der Waals surface area contributed by atoms with Crippen molar-refractivity contribution in [2.75, 3.05) is 12.3 Å². The number of hydrogen-bond acceptors (Lipinski definition) is 3. The van der Waals surface area contributed by atoms with Crippen LogP contribution in [0.2, 0.25) is 0 Å². The van der Waals surface area contributed by atoms with Gasteiger partial charge in [0.15, 0.2) is 0 Å². The number of carbonyl (C=O) groups excluding carboxylic acids is 1. The number of fused-ring (bicyclic) bond motifs is 1. The minimum Gasteiger partial charge on any atom is -0.351 e. The van der Waals surface area contributed by atoms with Crippen LogP contribution in [0.4, 0.5) is 0 Å². The molecule has 0 radical (unpaired) electrons. The van der Waals surface area contributed by atoms with Crippen LogP contribution >= 0.6 is 11.8 Å². The van der Waals surface area contributed by atoms with E-state index >= 15 is 0 Å². The molecule has 0 bridgehead atoms. The van der Waals surface area contributed by atoms with E-state index in [0.29, 0.717) is 6.54 Å². The van der Waals surface area contributed by atoms with Crippen molar-refractivity contribution >= 4 is 17.7 Å². The van der Waals surface area contributed by atoms with Gasteiger partial charge in [-0.3, -0.25) is 4.79 Å². The molecule has 1 aliphatic rings. The van der Waals surface area contributed by atoms with Crippen LogP contribution in [-0.2, 0) is 13.1 Å². The summed E-state index contributed by atoms with van der Waals surface area (Å²) in [7, 11) is 0. The molecule has 108 valence electrons. The summed E-state index contributed by atoms with van der Waals surface area (Å²) in [6.07, 6.45) is 0. The van der Waals surface area contributed by atoms with Crippen LogP contribution in [0.5, 0.6) is 0 Å². The molecule has 1 aliphatic heterocycles. The molecule has 3 rings (SSSR count). The SMILES string of the molecule is O=C(NCCSc1ccccc1)c1ccc2c(c1)CNC2. The third kappa shape index (κ3) is 3.65. The minimum atomic E-state index is 0.0124. The van der Waals surface area contributed by atoms with E-state index in [4.69, 9.17) is 0 Å². The first kappa shape index (κ1) is 14.2. The van der Waals surface area contributed by atoms with Crippen LogP contribution in [0.1, 0.15) is 21.5 Å². The molecule has 0 atom stereocenters. The number of amides is 1. The van der Waals surface area contributed by atoms with Crippen LogP contribution in [0.15, 0.2) is 53.4 Å². The number of hydrogen-bond donors (Lipinski definition) is 2. The minimum absolute atomic E-state index is 0.0124. The zero-order valence-corrected chi connectivity index (χ0v) is 12.6. The average Bonchev–Trinajstić information content (AvgIpc) is 3.00. The molecular weight excluding hydrogens is 280 g/mol. The third-order valence-electron chi connectivity index (χ3n) is 3.50. The van der Waals surface area contributed by atoms with Gasteiger partial charge in [-0.2, -0.15) is 0 Å². The van der Waals surface area contributed by atoms with Crippen molar-refractivity contribution in [3.63, 3.8) is 0 Å². The van der Waals surface area contributed by atoms with Gasteiger partial charge in [-0.15, -0.1) is 11.8 Å². The molecule has 4 heteroatoms. The van der Waals surface area contributed by atoms with Crippen LogP contribution in [0, 0.1) is 0 Å². The van der Waals surface area contributed by atoms with Gasteiger partial charge in [0.25, 0.3) is 5.91 Å². The second kappa shape index (κ2) is 6.78. The van der Waals surface area contributed by atoms with Crippen LogP contribution < -0.4 is 10.6 Å². The molecule has 0 aromatic heterocycles. The summed E-state index contributed by atoms with van der Waals surface area (Å²) in [6.45, 7) is 2.44. The zero-order valence-electron chi connectivity index (χ0n) is 11.8. The van der Waals surface area contributed by atoms with Crippen molar-refractivity contribution in [3.8, 4) is 0 Å². The topological polar surface area (TPSA) is 41.1 Å². The van der Waals surface area contributed by atoms with E-state index in [-0.39, 0.29) is 5.91 Å². The molecule has 2 aromatic rings. The third-order valence-corrected chi connectivity index (χ3v) is 4.51. The Morgan fingerprint density at radius 2 is 1.90 bits per heavy atom. The van der Waals surface area contributed by atoms with Crippen LogP contribution in [-0.4, -0.2) is 18.2 Å². The standard InChI is InChI=1S/C17H18N2OS/c20-17(13-6-7-14-11-18-12-15(14)10-13)19-8-9-21-16-4-2-1-3-5-16/h1-7,10,18H,8-9,11-12H2,(H,19,20). The molecule has 0 spiro atoms. The molecule has 1 amide bonds. The summed E-state index contributed by atoms with van der Waals surface area (Å²) in [5.41, 5.74) is 3.29. The first-order valence-electron chi connectivity index (χ1n) is 7.11. The van der Waals surface area contributed by atoms with Crippen LogP contribution in [0.3, 0.4) is 0 Å². The Bertz CT molecular complexity index is 628. The van der Waals surface area contributed by atoms with Gasteiger partial charge in [0.05, 0.1) is 0 Å². The van der Waals surface area contributed by atoms with E-state index in [0.717, 1.165) is 24.4 Å². The van der Waals surface area contributed by atoms with E-state index in [1.165, 1.54) is 16.0 Å². The zero-order chi connectivity index (χ0) is 14.5. The Balaban J connectivity index is 1.48. The van der Waals surface area contributed by atoms with E-state index in [1.54, 1.807) is 11.8 Å². The van der Waals surface area contributed by atoms with Gasteiger partial charge in [0.2, 0.25) is 0 Å². The maximum Gasteiger partial charge on any atom is 0.251 e. The molecule has 2 aromatic carbocycles. The summed E-state index contributed by atoms with van der Waals surface area (Å²) in [6, 6.07) is 16.2. The number of carbonyl (C=O) groups is 1. The quantitative estimate of drug-likeness (QED) is 0.659. The predicted octanol–water partition coefficient (Wildman–Crippen LogP) is 2.81. The summed E-state index contributed by atoms with van der Waals surface area (Å²) in [4.78, 5) is 13.3. The highest BCUT2D eigenvalue weighted by Gasteiger charge is 2.13. The Hall–Kier alpha value is -1.78. The fourth-order valence-electron chi connectivity index (χ4n) is 2.39. The number of benzene rings is 2. The Morgan fingerprint density at radius 1 is 1.10 bits per heavy atom. The number of nitrogens with one attached hydrogen (secondary N) is 2. The molecule has 2 N–H and O–H groups in total. The molecule has 0 fully saturated rings. The van der Waals surface area contributed by atoms with E-state index in [2.05, 4.69) is 22.8 Å². The lowest BCUT2D eigenvalue weighted by Crippen LogP contribution is -2.25. The lowest BCUT2D eigenvalue weighted by molar-refractivity contribution is 0.0956. The van der Waals surface area contributed by atoms with Crippen molar-refractivity contribution in [2.24, 2.45) is 0 Å². The lowest BCUT2D eigenvalue weighted by atomic mass is 10.1. The fraction of sp³-hybridized carbons (Fsp3) is 0.235. The molecule has 0 unspecified atom stereocenters. The Morgan fingerprint density at radius 3 is 2.76 bits per heavy atom. The van der Waals surface area contributed by atoms with E-state index in [9.17, 15) is 4.79 Å². The normalized spacial score (nSPS) is 13.0. The van der Waals surface area contributed by atoms with E-state index < -0.39 is 0 Å². The van der Waals surface area contributed by atoms with E-state index in [1.807, 2.05) is 36.4 Å². The van der Waals surface area contributed by atoms with Gasteiger partial charge in [0.1, 0.15) is 0 Å². The fourth-order valence-corrected chi connectivity index (χ4v) is 3.18. The lowest BCUT2D eigenvalue weighted by Gasteiger charge is -2.07. The Kier molecular flexibility index (Phi) is 4.58. The molecule has 21 heavy (non-hydrogen) atoms. The second-order valence-corrected chi connectivity index (χ2v) is 6.17. The van der Waals surface area contributed by atoms with Gasteiger partial charge in [-0.1, -0.05) is 24.3 Å². The molecule has 3 nitrogen and oxygen atoms in total. The number of rotatable bonds is 5. The van der Waals surface area contributed by atoms with Gasteiger partial charge >= 0.3 is 0 Å². The predicted molar refractivity (Wildman–Crippen MR) is 86.5 cm³/mol. The molecule has 0 saturated carbocycles. The first-order valence-corrected chi connectivity index (χ1v) is 8.10. The molecule has 0 aliphatic carbocycles. The van der Waals surface area contributed by atoms with Crippen molar-refractivity contribution in [3.05, 3.63) is 65.2 Å². The van der Waals surface area contributed by atoms with Crippen molar-refractivity contribution in [1.82, 2.24) is 10.6 Å². The molecule has 1 heterocycles. The summed E-state index contributed by atoms with van der Waals surface area (Å²) in [5, 5.41) is 6.27. The highest BCUT2D eigenvalue weighted by molar-refractivity contribution is 7.99. The summed E-state index contributed by atoms with van der Waals surface area (Å²) in [5.74, 6) is 0.890. The Labute approximate surface area is 129 Å². The van der Waals surface area contributed by atoms with Gasteiger partial charge < -0.3 is 10.6 Å². The largest absolute Gasteiger partial charge is 0.351 e.